The first-order valence-corrected chi connectivity index (χ1v) is 13.6. The van der Waals surface area contributed by atoms with Crippen LogP contribution in [0, 0.1) is 0 Å². The molecule has 2 aliphatic rings. The lowest BCUT2D eigenvalue weighted by atomic mass is 9.94. The minimum absolute atomic E-state index is 0.136. The van der Waals surface area contributed by atoms with Gasteiger partial charge in [0.05, 0.1) is 19.7 Å². The Morgan fingerprint density at radius 2 is 1.62 bits per heavy atom. The van der Waals surface area contributed by atoms with Crippen LogP contribution in [0.5, 0.6) is 11.5 Å². The zero-order valence-electron chi connectivity index (χ0n) is 22.5. The number of anilines is 4. The smallest absolute Gasteiger partial charge is 0.241 e. The Kier molecular flexibility index (Phi) is 7.06. The number of benzene rings is 2. The Labute approximate surface area is 227 Å². The summed E-state index contributed by atoms with van der Waals surface area (Å²) in [4.78, 5) is 18.5. The molecular weight excluding hydrogens is 494 g/mol. The van der Waals surface area contributed by atoms with Crippen molar-refractivity contribution in [1.29, 1.82) is 0 Å². The first-order valence-electron chi connectivity index (χ1n) is 13.6. The molecule has 3 N–H and O–H groups in total. The number of piperazine rings is 1. The molecule has 11 nitrogen and oxygen atoms in total. The van der Waals surface area contributed by atoms with E-state index in [1.807, 2.05) is 6.07 Å². The highest BCUT2D eigenvalue weighted by atomic mass is 16.5. The third-order valence-electron chi connectivity index (χ3n) is 7.84. The zero-order valence-corrected chi connectivity index (χ0v) is 22.5. The van der Waals surface area contributed by atoms with Gasteiger partial charge in [-0.1, -0.05) is 19.3 Å². The summed E-state index contributed by atoms with van der Waals surface area (Å²) in [6.45, 7) is 4.39. The van der Waals surface area contributed by atoms with Crippen LogP contribution in [0.25, 0.3) is 16.7 Å². The van der Waals surface area contributed by atoms with E-state index in [-0.39, 0.29) is 5.95 Å². The number of nitrogens with one attached hydrogen (secondary N) is 1. The Bertz CT molecular complexity index is 1430. The number of hydrogen-bond acceptors (Lipinski definition) is 10. The van der Waals surface area contributed by atoms with Crippen molar-refractivity contribution < 1.29 is 9.47 Å². The van der Waals surface area contributed by atoms with Gasteiger partial charge in [-0.3, -0.25) is 4.90 Å². The minimum atomic E-state index is 0.136. The molecule has 6 rings (SSSR count). The molecule has 4 aromatic rings. The van der Waals surface area contributed by atoms with E-state index in [4.69, 9.17) is 15.2 Å². The predicted octanol–water partition coefficient (Wildman–Crippen LogP) is 4.01. The Morgan fingerprint density at radius 3 is 2.33 bits per heavy atom. The third-order valence-corrected chi connectivity index (χ3v) is 7.84. The number of rotatable bonds is 7. The number of hydrogen-bond donors (Lipinski definition) is 2. The molecule has 1 aliphatic heterocycles. The normalized spacial score (nSPS) is 16.9. The second-order valence-corrected chi connectivity index (χ2v) is 10.1. The number of methoxy groups -OCH3 is 2. The van der Waals surface area contributed by atoms with Crippen molar-refractivity contribution in [2.24, 2.45) is 0 Å². The van der Waals surface area contributed by atoms with Crippen LogP contribution in [0.15, 0.2) is 42.7 Å². The fourth-order valence-electron chi connectivity index (χ4n) is 5.77. The number of ether oxygens (including phenoxy) is 2. The molecule has 0 amide bonds. The molecule has 0 atom stereocenters. The summed E-state index contributed by atoms with van der Waals surface area (Å²) in [5.74, 6) is 2.27. The molecule has 204 valence electrons. The second kappa shape index (κ2) is 10.9. The third kappa shape index (κ3) is 5.14. The average molecular weight is 530 g/mol. The molecule has 2 aromatic heterocycles. The lowest BCUT2D eigenvalue weighted by molar-refractivity contribution is 0.148. The number of nitrogen functional groups attached to an aromatic ring is 1. The maximum Gasteiger partial charge on any atom is 0.241 e. The van der Waals surface area contributed by atoms with Gasteiger partial charge in [0.2, 0.25) is 11.9 Å². The number of nitrogens with two attached hydrogens (primary N) is 1. The van der Waals surface area contributed by atoms with Gasteiger partial charge in [0.15, 0.2) is 17.3 Å². The van der Waals surface area contributed by atoms with E-state index in [2.05, 4.69) is 59.4 Å². The largest absolute Gasteiger partial charge is 0.493 e. The van der Waals surface area contributed by atoms with E-state index in [0.29, 0.717) is 28.8 Å². The summed E-state index contributed by atoms with van der Waals surface area (Å²) in [6, 6.07) is 12.8. The number of fused-ring (bicyclic) bond motifs is 1. The van der Waals surface area contributed by atoms with Gasteiger partial charge in [0.25, 0.3) is 0 Å². The zero-order chi connectivity index (χ0) is 26.8. The SMILES string of the molecule is COc1cc2ncnc(-n3nc(N)nc3Nc3ccc(N4CCN(C5CCCCC5)CC4)cc3)c2cc1OC. The fourth-order valence-corrected chi connectivity index (χ4v) is 5.77. The topological polar surface area (TPSA) is 119 Å². The van der Waals surface area contributed by atoms with Crippen LogP contribution in [0.1, 0.15) is 32.1 Å². The quantitative estimate of drug-likeness (QED) is 0.363. The number of nitrogens with zero attached hydrogens (tertiary/aromatic N) is 7. The van der Waals surface area contributed by atoms with Crippen LogP contribution in [0.3, 0.4) is 0 Å². The Morgan fingerprint density at radius 1 is 0.897 bits per heavy atom. The van der Waals surface area contributed by atoms with Gasteiger partial charge in [-0.15, -0.1) is 5.10 Å². The molecule has 1 saturated heterocycles. The van der Waals surface area contributed by atoms with E-state index in [1.165, 1.54) is 44.1 Å². The van der Waals surface area contributed by atoms with Crippen LogP contribution < -0.4 is 25.4 Å². The monoisotopic (exact) mass is 529 g/mol. The first-order chi connectivity index (χ1) is 19.1. The molecule has 11 heteroatoms. The summed E-state index contributed by atoms with van der Waals surface area (Å²) >= 11 is 0. The Hall–Kier alpha value is -4.12. The van der Waals surface area contributed by atoms with Crippen LogP contribution in [0.4, 0.5) is 23.3 Å². The van der Waals surface area contributed by atoms with E-state index in [0.717, 1.165) is 43.3 Å². The molecule has 39 heavy (non-hydrogen) atoms. The number of aromatic nitrogens is 5. The lowest BCUT2D eigenvalue weighted by Crippen LogP contribution is -2.50. The van der Waals surface area contributed by atoms with Gasteiger partial charge in [-0.2, -0.15) is 9.67 Å². The second-order valence-electron chi connectivity index (χ2n) is 10.1. The standard InChI is InChI=1S/C28H35N9O2/c1-38-24-16-22-23(17-25(24)39-2)30-18-31-26(22)37-28(33-27(29)34-37)32-19-8-10-21(11-9-19)36-14-12-35(13-15-36)20-6-4-3-5-7-20/h8-11,16-18,20H,3-7,12-15H2,1-2H3,(H3,29,32,33,34). The van der Waals surface area contributed by atoms with Crippen LogP contribution in [0.2, 0.25) is 0 Å². The van der Waals surface area contributed by atoms with E-state index >= 15 is 0 Å². The van der Waals surface area contributed by atoms with Crippen LogP contribution in [-0.2, 0) is 0 Å². The van der Waals surface area contributed by atoms with Crippen molar-refractivity contribution >= 4 is 34.2 Å². The minimum Gasteiger partial charge on any atom is -0.493 e. The summed E-state index contributed by atoms with van der Waals surface area (Å²) in [5, 5.41) is 8.49. The molecule has 0 unspecified atom stereocenters. The molecule has 2 aromatic carbocycles. The highest BCUT2D eigenvalue weighted by Gasteiger charge is 2.25. The lowest BCUT2D eigenvalue weighted by Gasteiger charge is -2.41. The molecule has 0 radical (unpaired) electrons. The highest BCUT2D eigenvalue weighted by molar-refractivity contribution is 5.88. The maximum atomic E-state index is 6.02. The van der Waals surface area contributed by atoms with Crippen molar-refractivity contribution in [2.45, 2.75) is 38.1 Å². The van der Waals surface area contributed by atoms with Crippen molar-refractivity contribution in [3.05, 3.63) is 42.7 Å². The first kappa shape index (κ1) is 25.2. The molecule has 3 heterocycles. The maximum absolute atomic E-state index is 6.02. The highest BCUT2D eigenvalue weighted by Crippen LogP contribution is 2.34. The van der Waals surface area contributed by atoms with Crippen molar-refractivity contribution in [2.75, 3.05) is 56.3 Å². The molecule has 0 bridgehead atoms. The van der Waals surface area contributed by atoms with Gasteiger partial charge in [-0.05, 0) is 43.2 Å². The fraction of sp³-hybridized carbons (Fsp3) is 0.429. The van der Waals surface area contributed by atoms with Gasteiger partial charge in [-0.25, -0.2) is 9.97 Å². The van der Waals surface area contributed by atoms with Crippen molar-refractivity contribution in [1.82, 2.24) is 29.6 Å². The molecule has 2 fully saturated rings. The molecule has 1 aliphatic carbocycles. The molecular formula is C28H35N9O2. The molecule has 0 spiro atoms. The molecule has 1 saturated carbocycles. The summed E-state index contributed by atoms with van der Waals surface area (Å²) in [6.07, 6.45) is 8.38. The van der Waals surface area contributed by atoms with Crippen LogP contribution in [-0.4, -0.2) is 76.1 Å². The summed E-state index contributed by atoms with van der Waals surface area (Å²) in [5.41, 5.74) is 8.82. The van der Waals surface area contributed by atoms with Gasteiger partial charge < -0.3 is 25.4 Å². The van der Waals surface area contributed by atoms with E-state index < -0.39 is 0 Å². The van der Waals surface area contributed by atoms with Gasteiger partial charge in [0, 0.05) is 55.0 Å². The van der Waals surface area contributed by atoms with Gasteiger partial charge in [0.1, 0.15) is 6.33 Å². The van der Waals surface area contributed by atoms with E-state index in [1.54, 1.807) is 25.0 Å². The van der Waals surface area contributed by atoms with Crippen molar-refractivity contribution in [3.63, 3.8) is 0 Å². The van der Waals surface area contributed by atoms with E-state index in [9.17, 15) is 0 Å². The van der Waals surface area contributed by atoms with Gasteiger partial charge >= 0.3 is 0 Å². The van der Waals surface area contributed by atoms with Crippen LogP contribution >= 0.6 is 0 Å². The average Bonchev–Trinajstić information content (AvgIpc) is 3.36. The van der Waals surface area contributed by atoms with Crippen molar-refractivity contribution in [3.8, 4) is 17.3 Å². The predicted molar refractivity (Wildman–Crippen MR) is 152 cm³/mol. The summed E-state index contributed by atoms with van der Waals surface area (Å²) in [7, 11) is 3.18. The summed E-state index contributed by atoms with van der Waals surface area (Å²) < 4.78 is 12.5. The Balaban J connectivity index is 1.19.